The van der Waals surface area contributed by atoms with Gasteiger partial charge in [-0.3, -0.25) is 4.79 Å². The number of halogens is 1. The summed E-state index contributed by atoms with van der Waals surface area (Å²) in [4.78, 5) is 14.2. The lowest BCUT2D eigenvalue weighted by molar-refractivity contribution is -0.121. The smallest absolute Gasteiger partial charge is 0.234 e. The van der Waals surface area contributed by atoms with Gasteiger partial charge in [0.2, 0.25) is 5.91 Å². The topological polar surface area (TPSA) is 29.1 Å². The Morgan fingerprint density at radius 2 is 1.54 bits per heavy atom. The first kappa shape index (κ1) is 20.5. The molecule has 0 aromatic heterocycles. The molecule has 0 radical (unpaired) electrons. The van der Waals surface area contributed by atoms with Crippen molar-refractivity contribution in [1.29, 1.82) is 0 Å². The lowest BCUT2D eigenvalue weighted by Gasteiger charge is -2.23. The minimum Gasteiger partial charge on any atom is -0.344 e. The number of rotatable bonds is 7. The Bertz CT molecular complexity index is 894. The quantitative estimate of drug-likeness (QED) is 0.456. The Balaban J connectivity index is 1.81. The lowest BCUT2D eigenvalue weighted by Crippen LogP contribution is -2.36. The maximum atomic E-state index is 13.1. The van der Waals surface area contributed by atoms with Crippen LogP contribution in [0.2, 0.25) is 5.02 Å². The van der Waals surface area contributed by atoms with Crippen LogP contribution < -0.4 is 5.32 Å². The average molecular weight is 410 g/mol. The lowest BCUT2D eigenvalue weighted by atomic mass is 9.97. The zero-order valence-electron chi connectivity index (χ0n) is 16.1. The normalized spacial score (nSPS) is 13.0. The number of amides is 1. The van der Waals surface area contributed by atoms with Gasteiger partial charge in [-0.25, -0.2) is 0 Å². The van der Waals surface area contributed by atoms with E-state index in [1.165, 1.54) is 5.56 Å². The van der Waals surface area contributed by atoms with Crippen LogP contribution in [-0.4, -0.2) is 11.2 Å². The fraction of sp³-hybridized carbons (Fsp3) is 0.208. The number of aryl methyl sites for hydroxylation is 1. The van der Waals surface area contributed by atoms with Crippen molar-refractivity contribution in [2.45, 2.75) is 36.5 Å². The second-order valence-corrected chi connectivity index (χ2v) is 8.44. The van der Waals surface area contributed by atoms with E-state index in [9.17, 15) is 4.79 Å². The van der Waals surface area contributed by atoms with Crippen molar-refractivity contribution >= 4 is 29.3 Å². The summed E-state index contributed by atoms with van der Waals surface area (Å²) in [5.41, 5.74) is 3.36. The molecule has 0 heterocycles. The first-order chi connectivity index (χ1) is 13.6. The van der Waals surface area contributed by atoms with E-state index in [2.05, 4.69) is 48.6 Å². The van der Waals surface area contributed by atoms with Crippen LogP contribution in [0.3, 0.4) is 0 Å². The van der Waals surface area contributed by atoms with Gasteiger partial charge in [0.05, 0.1) is 11.3 Å². The second kappa shape index (κ2) is 9.81. The van der Waals surface area contributed by atoms with E-state index in [1.807, 2.05) is 49.4 Å². The minimum absolute atomic E-state index is 0.0388. The molecule has 1 N–H and O–H groups in total. The van der Waals surface area contributed by atoms with Crippen LogP contribution in [0, 0.1) is 6.92 Å². The fourth-order valence-corrected chi connectivity index (χ4v) is 4.09. The van der Waals surface area contributed by atoms with Gasteiger partial charge < -0.3 is 5.32 Å². The van der Waals surface area contributed by atoms with Crippen molar-refractivity contribution in [3.63, 3.8) is 0 Å². The number of benzene rings is 3. The molecular formula is C24H24ClNOS. The largest absolute Gasteiger partial charge is 0.344 e. The molecule has 4 heteroatoms. The van der Waals surface area contributed by atoms with E-state index in [1.54, 1.807) is 11.8 Å². The molecule has 0 saturated carbocycles. The second-order valence-electron chi connectivity index (χ2n) is 6.73. The monoisotopic (exact) mass is 409 g/mol. The van der Waals surface area contributed by atoms with E-state index in [0.717, 1.165) is 22.4 Å². The van der Waals surface area contributed by atoms with Gasteiger partial charge in [-0.1, -0.05) is 78.7 Å². The van der Waals surface area contributed by atoms with E-state index in [-0.39, 0.29) is 17.2 Å². The molecule has 3 aromatic rings. The Morgan fingerprint density at radius 1 is 0.929 bits per heavy atom. The molecular weight excluding hydrogens is 386 g/mol. The molecule has 0 aliphatic carbocycles. The van der Waals surface area contributed by atoms with Gasteiger partial charge >= 0.3 is 0 Å². The first-order valence-electron chi connectivity index (χ1n) is 9.41. The van der Waals surface area contributed by atoms with Crippen LogP contribution in [0.25, 0.3) is 0 Å². The summed E-state index contributed by atoms with van der Waals surface area (Å²) in [7, 11) is 0. The zero-order chi connectivity index (χ0) is 19.9. The maximum Gasteiger partial charge on any atom is 0.234 e. The van der Waals surface area contributed by atoms with Crippen LogP contribution in [0.1, 0.15) is 36.1 Å². The number of carbonyl (C=O) groups is 1. The average Bonchev–Trinajstić information content (AvgIpc) is 2.73. The molecule has 28 heavy (non-hydrogen) atoms. The summed E-state index contributed by atoms with van der Waals surface area (Å²) in [6.07, 6.45) is 0.745. The van der Waals surface area contributed by atoms with Gasteiger partial charge in [-0.05, 0) is 48.7 Å². The predicted molar refractivity (Wildman–Crippen MR) is 119 cm³/mol. The molecule has 2 nitrogen and oxygen atoms in total. The minimum atomic E-state index is -0.172. The Morgan fingerprint density at radius 3 is 2.14 bits per heavy atom. The number of hydrogen-bond acceptors (Lipinski definition) is 2. The number of thioether (sulfide) groups is 1. The third-order valence-corrected chi connectivity index (χ3v) is 6.21. The van der Waals surface area contributed by atoms with E-state index < -0.39 is 0 Å². The van der Waals surface area contributed by atoms with E-state index >= 15 is 0 Å². The number of nitrogens with one attached hydrogen (secondary N) is 1. The van der Waals surface area contributed by atoms with E-state index in [4.69, 9.17) is 11.6 Å². The van der Waals surface area contributed by atoms with Crippen molar-refractivity contribution in [2.24, 2.45) is 0 Å². The molecule has 0 spiro atoms. The van der Waals surface area contributed by atoms with Crippen molar-refractivity contribution in [2.75, 3.05) is 0 Å². The zero-order valence-corrected chi connectivity index (χ0v) is 17.6. The molecule has 0 aliphatic heterocycles. The van der Waals surface area contributed by atoms with Crippen LogP contribution in [-0.2, 0) is 4.79 Å². The molecule has 3 rings (SSSR count). The molecule has 0 bridgehead atoms. The van der Waals surface area contributed by atoms with Gasteiger partial charge in [0.25, 0.3) is 0 Å². The molecule has 0 saturated heterocycles. The van der Waals surface area contributed by atoms with Crippen LogP contribution in [0.4, 0.5) is 0 Å². The predicted octanol–water partition coefficient (Wildman–Crippen LogP) is 6.42. The third-order valence-electron chi connectivity index (χ3n) is 4.59. The summed E-state index contributed by atoms with van der Waals surface area (Å²) in [6, 6.07) is 25.9. The van der Waals surface area contributed by atoms with Crippen molar-refractivity contribution < 1.29 is 4.79 Å². The Hall–Kier alpha value is -2.23. The Kier molecular flexibility index (Phi) is 7.18. The third kappa shape index (κ3) is 5.40. The summed E-state index contributed by atoms with van der Waals surface area (Å²) in [6.45, 7) is 4.10. The molecule has 1 amide bonds. The highest BCUT2D eigenvalue weighted by atomic mass is 35.5. The summed E-state index contributed by atoms with van der Waals surface area (Å²) in [5, 5.41) is 3.80. The standard InChI is InChI=1S/C24H24ClNOS/c1-3-22(28-21-15-13-20(25)14-16-21)24(27)26-23(18-7-5-4-6-8-18)19-11-9-17(2)10-12-19/h4-16,22-23H,3H2,1-2H3,(H,26,27)/t22-,23+/m0/s1. The first-order valence-corrected chi connectivity index (χ1v) is 10.7. The van der Waals surface area contributed by atoms with Crippen molar-refractivity contribution in [3.8, 4) is 0 Å². The van der Waals surface area contributed by atoms with Gasteiger partial charge in [-0.15, -0.1) is 11.8 Å². The van der Waals surface area contributed by atoms with Crippen molar-refractivity contribution in [3.05, 3.63) is 101 Å². The highest BCUT2D eigenvalue weighted by molar-refractivity contribution is 8.00. The van der Waals surface area contributed by atoms with Gasteiger partial charge in [0.15, 0.2) is 0 Å². The highest BCUT2D eigenvalue weighted by Gasteiger charge is 2.23. The molecule has 0 unspecified atom stereocenters. The molecule has 144 valence electrons. The summed E-state index contributed by atoms with van der Waals surface area (Å²) < 4.78 is 0. The SMILES string of the molecule is CC[C@H](Sc1ccc(Cl)cc1)C(=O)N[C@H](c1ccccc1)c1ccc(C)cc1. The van der Waals surface area contributed by atoms with Crippen LogP contribution >= 0.6 is 23.4 Å². The maximum absolute atomic E-state index is 13.1. The van der Waals surface area contributed by atoms with Crippen molar-refractivity contribution in [1.82, 2.24) is 5.32 Å². The summed E-state index contributed by atoms with van der Waals surface area (Å²) in [5.74, 6) is 0.0388. The number of hydrogen-bond donors (Lipinski definition) is 1. The van der Waals surface area contributed by atoms with Gasteiger partial charge in [-0.2, -0.15) is 0 Å². The molecule has 0 fully saturated rings. The highest BCUT2D eigenvalue weighted by Crippen LogP contribution is 2.29. The Labute approximate surface area is 176 Å². The van der Waals surface area contributed by atoms with Crippen LogP contribution in [0.15, 0.2) is 83.8 Å². The fourth-order valence-electron chi connectivity index (χ4n) is 3.00. The molecule has 3 aromatic carbocycles. The number of carbonyl (C=O) groups excluding carboxylic acids is 1. The summed E-state index contributed by atoms with van der Waals surface area (Å²) >= 11 is 7.54. The van der Waals surface area contributed by atoms with Gasteiger partial charge in [0, 0.05) is 9.92 Å². The van der Waals surface area contributed by atoms with Crippen LogP contribution in [0.5, 0.6) is 0 Å². The van der Waals surface area contributed by atoms with E-state index in [0.29, 0.717) is 5.02 Å². The molecule has 2 atom stereocenters. The molecule has 0 aliphatic rings. The van der Waals surface area contributed by atoms with Gasteiger partial charge in [0.1, 0.15) is 0 Å².